The molecule has 0 rings (SSSR count). The molecule has 0 aliphatic carbocycles. The van der Waals surface area contributed by atoms with E-state index in [0.717, 1.165) is 13.0 Å². The van der Waals surface area contributed by atoms with Crippen LogP contribution in [0.1, 0.15) is 59.3 Å². The topological polar surface area (TPSA) is 9.23 Å². The summed E-state index contributed by atoms with van der Waals surface area (Å²) in [5.74, 6) is 0. The van der Waals surface area contributed by atoms with Gasteiger partial charge in [-0.3, -0.25) is 0 Å². The van der Waals surface area contributed by atoms with Gasteiger partial charge in [0.1, 0.15) is 0 Å². The first kappa shape index (κ1) is 14.9. The smallest absolute Gasteiger partial charge is 0.0987 e. The van der Waals surface area contributed by atoms with Crippen molar-refractivity contribution >= 4 is 16.3 Å². The largest absolute Gasteiger partial charge is 0.308 e. The van der Waals surface area contributed by atoms with Gasteiger partial charge in [-0.05, 0) is 6.42 Å². The minimum Gasteiger partial charge on any atom is -0.308 e. The van der Waals surface area contributed by atoms with Crippen molar-refractivity contribution in [3.05, 3.63) is 0 Å². The first-order chi connectivity index (χ1) is 5.83. The zero-order chi connectivity index (χ0) is 9.66. The Labute approximate surface area is 86.3 Å². The van der Waals surface area contributed by atoms with Crippen LogP contribution in [0, 0.1) is 0 Å². The zero-order valence-corrected chi connectivity index (χ0v) is 10.3. The van der Waals surface area contributed by atoms with E-state index in [1.54, 1.807) is 0 Å². The lowest BCUT2D eigenvalue weighted by Crippen LogP contribution is -1.78. The second kappa shape index (κ2) is 17.5. The van der Waals surface area contributed by atoms with E-state index in [4.69, 9.17) is 0 Å². The van der Waals surface area contributed by atoms with Crippen molar-refractivity contribution in [2.45, 2.75) is 59.3 Å². The first-order valence-electron chi connectivity index (χ1n) is 5.06. The summed E-state index contributed by atoms with van der Waals surface area (Å²) in [6, 6.07) is 0. The monoisotopic (exact) mass is 238 g/mol. The molecule has 12 heavy (non-hydrogen) atoms. The molecule has 2 heteroatoms. The number of rotatable bonds is 6. The highest BCUT2D eigenvalue weighted by Crippen LogP contribution is 1.95. The van der Waals surface area contributed by atoms with Crippen LogP contribution in [0.4, 0.5) is 0 Å². The molecule has 0 aliphatic rings. The summed E-state index contributed by atoms with van der Waals surface area (Å²) in [5.41, 5.74) is 0. The van der Waals surface area contributed by atoms with Gasteiger partial charge >= 0.3 is 0 Å². The Morgan fingerprint density at radius 2 is 1.25 bits per heavy atom. The summed E-state index contributed by atoms with van der Waals surface area (Å²) in [4.78, 5) is 0. The predicted octanol–water partition coefficient (Wildman–Crippen LogP) is 4.70. The van der Waals surface area contributed by atoms with Gasteiger partial charge in [-0.2, -0.15) is 0 Å². The number of hydrogen-bond acceptors (Lipinski definition) is 1. The third kappa shape index (κ3) is 22.4. The third-order valence-corrected chi connectivity index (χ3v) is 1.86. The molecule has 0 saturated heterocycles. The Hall–Kier alpha value is 0.440. The van der Waals surface area contributed by atoms with E-state index in [1.807, 2.05) is 0 Å². The fourth-order valence-corrected chi connectivity index (χ4v) is 0.928. The molecule has 0 heterocycles. The molecule has 0 amide bonds. The normalized spacial score (nSPS) is 9.00. The van der Waals surface area contributed by atoms with Gasteiger partial charge in [0, 0.05) is 0 Å². The molecule has 1 nitrogen and oxygen atoms in total. The molecule has 0 N–H and O–H groups in total. The lowest BCUT2D eigenvalue weighted by atomic mass is 10.2. The van der Waals surface area contributed by atoms with Crippen LogP contribution < -0.4 is 0 Å². The van der Waals surface area contributed by atoms with Gasteiger partial charge in [-0.1, -0.05) is 52.9 Å². The van der Waals surface area contributed by atoms with Crippen LogP contribution in [0.25, 0.3) is 0 Å². The van der Waals surface area contributed by atoms with E-state index in [0.29, 0.717) is 0 Å². The van der Waals surface area contributed by atoms with E-state index in [2.05, 4.69) is 40.9 Å². The number of unbranched alkanes of at least 4 members (excludes halogenated alkanes) is 4. The van der Waals surface area contributed by atoms with Crippen molar-refractivity contribution in [2.75, 3.05) is 6.61 Å². The summed E-state index contributed by atoms with van der Waals surface area (Å²) in [7, 11) is 0. The van der Waals surface area contributed by atoms with Crippen LogP contribution in [-0.4, -0.2) is 6.61 Å². The van der Waals surface area contributed by atoms with Crippen molar-refractivity contribution in [3.8, 4) is 0 Å². The molecule has 0 aromatic rings. The van der Waals surface area contributed by atoms with Gasteiger partial charge in [0.2, 0.25) is 0 Å². The molecule has 0 unspecified atom stereocenters. The lowest BCUT2D eigenvalue weighted by Gasteiger charge is -1.86. The maximum Gasteiger partial charge on any atom is 0.0987 e. The van der Waals surface area contributed by atoms with E-state index < -0.39 is 0 Å². The molecular formula is C10H23BrO. The van der Waals surface area contributed by atoms with E-state index in [-0.39, 0.29) is 0 Å². The second-order valence-corrected chi connectivity index (χ2v) is 3.33. The van der Waals surface area contributed by atoms with Crippen molar-refractivity contribution in [1.82, 2.24) is 0 Å². The SMILES string of the molecule is CCCCCC.CCCCOBr. The molecule has 0 fully saturated rings. The Morgan fingerprint density at radius 3 is 1.42 bits per heavy atom. The van der Waals surface area contributed by atoms with Crippen LogP contribution in [-0.2, 0) is 3.83 Å². The molecule has 0 aromatic carbocycles. The quantitative estimate of drug-likeness (QED) is 0.610. The summed E-state index contributed by atoms with van der Waals surface area (Å²) >= 11 is 2.85. The second-order valence-electron chi connectivity index (χ2n) is 2.87. The van der Waals surface area contributed by atoms with Crippen molar-refractivity contribution in [3.63, 3.8) is 0 Å². The summed E-state index contributed by atoms with van der Waals surface area (Å²) in [6.45, 7) is 7.42. The van der Waals surface area contributed by atoms with Crippen molar-refractivity contribution in [2.24, 2.45) is 0 Å². The molecule has 76 valence electrons. The first-order valence-corrected chi connectivity index (χ1v) is 5.71. The van der Waals surface area contributed by atoms with Gasteiger partial charge in [0.05, 0.1) is 22.9 Å². The summed E-state index contributed by atoms with van der Waals surface area (Å²) < 4.78 is 4.59. The average molecular weight is 239 g/mol. The third-order valence-electron chi connectivity index (χ3n) is 1.53. The van der Waals surface area contributed by atoms with Gasteiger partial charge in [0.15, 0.2) is 0 Å². The average Bonchev–Trinajstić information content (AvgIpc) is 2.12. The summed E-state index contributed by atoms with van der Waals surface area (Å²) in [5, 5.41) is 0. The Morgan fingerprint density at radius 1 is 0.833 bits per heavy atom. The molecule has 0 radical (unpaired) electrons. The molecular weight excluding hydrogens is 216 g/mol. The Kier molecular flexibility index (Phi) is 21.8. The number of halogens is 1. The van der Waals surface area contributed by atoms with Crippen molar-refractivity contribution < 1.29 is 3.83 Å². The van der Waals surface area contributed by atoms with Crippen LogP contribution in [0.3, 0.4) is 0 Å². The molecule has 0 atom stereocenters. The molecule has 0 spiro atoms. The molecule has 0 aromatic heterocycles. The van der Waals surface area contributed by atoms with Crippen LogP contribution in [0.5, 0.6) is 0 Å². The Bertz CT molecular complexity index is 41.8. The highest BCUT2D eigenvalue weighted by atomic mass is 79.9. The van der Waals surface area contributed by atoms with Crippen LogP contribution >= 0.6 is 16.3 Å². The van der Waals surface area contributed by atoms with Gasteiger partial charge in [-0.15, -0.1) is 0 Å². The van der Waals surface area contributed by atoms with Crippen molar-refractivity contribution in [1.29, 1.82) is 0 Å². The van der Waals surface area contributed by atoms with Gasteiger partial charge in [-0.25, -0.2) is 0 Å². The summed E-state index contributed by atoms with van der Waals surface area (Å²) in [6.07, 6.45) is 7.88. The van der Waals surface area contributed by atoms with E-state index in [1.165, 1.54) is 32.1 Å². The standard InChI is InChI=1S/C6H14.C4H9BrO/c1-3-5-6-4-2;1-2-3-4-6-5/h3-6H2,1-2H3;2-4H2,1H3. The Balaban J connectivity index is 0. The maximum atomic E-state index is 4.59. The molecule has 0 aliphatic heterocycles. The highest BCUT2D eigenvalue weighted by Gasteiger charge is 1.76. The fourth-order valence-electron chi connectivity index (χ4n) is 0.699. The van der Waals surface area contributed by atoms with E-state index >= 15 is 0 Å². The van der Waals surface area contributed by atoms with Crippen LogP contribution in [0.2, 0.25) is 0 Å². The van der Waals surface area contributed by atoms with E-state index in [9.17, 15) is 0 Å². The van der Waals surface area contributed by atoms with Gasteiger partial charge in [0.25, 0.3) is 0 Å². The predicted molar refractivity (Wildman–Crippen MR) is 59.6 cm³/mol. The fraction of sp³-hybridized carbons (Fsp3) is 1.00. The van der Waals surface area contributed by atoms with Gasteiger partial charge < -0.3 is 3.83 Å². The minimum atomic E-state index is 0.830. The zero-order valence-electron chi connectivity index (χ0n) is 8.74. The molecule has 0 bridgehead atoms. The molecule has 0 saturated carbocycles. The highest BCUT2D eigenvalue weighted by molar-refractivity contribution is 9.06. The van der Waals surface area contributed by atoms with Crippen LogP contribution in [0.15, 0.2) is 0 Å². The maximum absolute atomic E-state index is 4.59. The lowest BCUT2D eigenvalue weighted by molar-refractivity contribution is 0.383. The number of hydrogen-bond donors (Lipinski definition) is 0. The minimum absolute atomic E-state index is 0.830.